The third kappa shape index (κ3) is 3.44. The third-order valence-electron chi connectivity index (χ3n) is 3.37. The fraction of sp³-hybridized carbons (Fsp3) is 0.438. The zero-order chi connectivity index (χ0) is 16.3. The summed E-state index contributed by atoms with van der Waals surface area (Å²) in [6, 6.07) is 6.07. The summed E-state index contributed by atoms with van der Waals surface area (Å²) in [5.74, 6) is -0.735. The molecule has 0 N–H and O–H groups in total. The highest BCUT2D eigenvalue weighted by Gasteiger charge is 2.13. The summed E-state index contributed by atoms with van der Waals surface area (Å²) >= 11 is 1.42. The molecule has 0 saturated carbocycles. The molecule has 0 radical (unpaired) electrons. The average Bonchev–Trinajstić information content (AvgIpc) is 2.83. The van der Waals surface area contributed by atoms with Crippen molar-refractivity contribution in [3.05, 3.63) is 28.6 Å². The van der Waals surface area contributed by atoms with Crippen LogP contribution in [0.15, 0.2) is 23.2 Å². The summed E-state index contributed by atoms with van der Waals surface area (Å²) in [5, 5.41) is 0. The number of esters is 1. The lowest BCUT2D eigenvalue weighted by atomic mass is 10.2. The number of thiazole rings is 1. The van der Waals surface area contributed by atoms with E-state index in [2.05, 4.69) is 18.0 Å². The lowest BCUT2D eigenvalue weighted by Crippen LogP contribution is -2.23. The number of hydrogen-bond acceptors (Lipinski definition) is 4. The van der Waals surface area contributed by atoms with Crippen LogP contribution >= 0.6 is 11.3 Å². The number of methoxy groups -OCH3 is 1. The van der Waals surface area contributed by atoms with E-state index in [4.69, 9.17) is 4.74 Å². The average molecular weight is 320 g/mol. The number of rotatable bonds is 4. The molecule has 1 amide bonds. The van der Waals surface area contributed by atoms with E-state index < -0.39 is 0 Å². The van der Waals surface area contributed by atoms with E-state index >= 15 is 0 Å². The molecule has 0 spiro atoms. The molecule has 118 valence electrons. The number of ether oxygens (including phenoxy) is 1. The minimum absolute atomic E-state index is 0.0478. The van der Waals surface area contributed by atoms with Gasteiger partial charge in [0.15, 0.2) is 4.80 Å². The Morgan fingerprint density at radius 3 is 2.68 bits per heavy atom. The van der Waals surface area contributed by atoms with Crippen LogP contribution in [0.25, 0.3) is 10.2 Å². The van der Waals surface area contributed by atoms with Gasteiger partial charge in [-0.05, 0) is 24.1 Å². The summed E-state index contributed by atoms with van der Waals surface area (Å²) in [7, 11) is 1.35. The SMILES string of the molecule is CCc1ccc2c(c1)sc(=NC(=O)C(C)C)n2CC(=O)OC. The van der Waals surface area contributed by atoms with E-state index in [1.54, 1.807) is 18.4 Å². The first kappa shape index (κ1) is 16.4. The van der Waals surface area contributed by atoms with Gasteiger partial charge in [-0.15, -0.1) is 0 Å². The highest BCUT2D eigenvalue weighted by Crippen LogP contribution is 2.20. The molecule has 0 fully saturated rings. The van der Waals surface area contributed by atoms with Crippen LogP contribution in [0.3, 0.4) is 0 Å². The molecule has 1 aromatic carbocycles. The molecule has 5 nitrogen and oxygen atoms in total. The Morgan fingerprint density at radius 2 is 2.09 bits per heavy atom. The molecule has 0 aliphatic heterocycles. The molecule has 0 aliphatic carbocycles. The quantitative estimate of drug-likeness (QED) is 0.813. The predicted octanol–water partition coefficient (Wildman–Crippen LogP) is 2.52. The van der Waals surface area contributed by atoms with Gasteiger partial charge >= 0.3 is 5.97 Å². The van der Waals surface area contributed by atoms with Gasteiger partial charge < -0.3 is 9.30 Å². The molecule has 0 saturated heterocycles. The Labute approximate surface area is 133 Å². The standard InChI is InChI=1S/C16H20N2O3S/c1-5-11-6-7-12-13(8-11)22-16(17-15(20)10(2)3)18(12)9-14(19)21-4/h6-8,10H,5,9H2,1-4H3. The second-order valence-electron chi connectivity index (χ2n) is 5.31. The molecule has 1 heterocycles. The number of fused-ring (bicyclic) bond motifs is 1. The Morgan fingerprint density at radius 1 is 1.36 bits per heavy atom. The minimum atomic E-state index is -0.363. The number of hydrogen-bond donors (Lipinski definition) is 0. The van der Waals surface area contributed by atoms with Crippen LogP contribution in [-0.4, -0.2) is 23.6 Å². The van der Waals surface area contributed by atoms with Gasteiger partial charge in [0.25, 0.3) is 5.91 Å². The van der Waals surface area contributed by atoms with Crippen LogP contribution in [0.5, 0.6) is 0 Å². The largest absolute Gasteiger partial charge is 0.468 e. The van der Waals surface area contributed by atoms with Crippen molar-refractivity contribution in [2.75, 3.05) is 7.11 Å². The lowest BCUT2D eigenvalue weighted by Gasteiger charge is -2.04. The van der Waals surface area contributed by atoms with Crippen molar-refractivity contribution in [3.63, 3.8) is 0 Å². The molecular formula is C16H20N2O3S. The van der Waals surface area contributed by atoms with Gasteiger partial charge in [0.2, 0.25) is 0 Å². The monoisotopic (exact) mass is 320 g/mol. The Bertz CT molecular complexity index is 771. The third-order valence-corrected chi connectivity index (χ3v) is 4.41. The Balaban J connectivity index is 2.64. The molecule has 6 heteroatoms. The second-order valence-corrected chi connectivity index (χ2v) is 6.32. The number of carbonyl (C=O) groups excluding carboxylic acids is 2. The van der Waals surface area contributed by atoms with Crippen LogP contribution < -0.4 is 4.80 Å². The Hall–Kier alpha value is -1.95. The molecule has 0 unspecified atom stereocenters. The number of aromatic nitrogens is 1. The summed E-state index contributed by atoms with van der Waals surface area (Å²) in [6.07, 6.45) is 0.933. The van der Waals surface area contributed by atoms with Crippen LogP contribution in [0.1, 0.15) is 26.3 Å². The minimum Gasteiger partial charge on any atom is -0.468 e. The van der Waals surface area contributed by atoms with Crippen LogP contribution in [0.2, 0.25) is 0 Å². The fourth-order valence-electron chi connectivity index (χ4n) is 1.99. The highest BCUT2D eigenvalue weighted by atomic mass is 32.1. The first-order chi connectivity index (χ1) is 10.5. The normalized spacial score (nSPS) is 12.1. The zero-order valence-corrected chi connectivity index (χ0v) is 14.1. The number of amides is 1. The van der Waals surface area contributed by atoms with Crippen LogP contribution in [0.4, 0.5) is 0 Å². The van der Waals surface area contributed by atoms with Crippen molar-refractivity contribution in [3.8, 4) is 0 Å². The van der Waals surface area contributed by atoms with Gasteiger partial charge in [0.05, 0.1) is 17.3 Å². The van der Waals surface area contributed by atoms with Crippen molar-refractivity contribution >= 4 is 33.4 Å². The Kier molecular flexibility index (Phi) is 5.13. The molecule has 1 aromatic heterocycles. The predicted molar refractivity (Wildman–Crippen MR) is 86.6 cm³/mol. The van der Waals surface area contributed by atoms with Gasteiger partial charge in [0.1, 0.15) is 6.54 Å². The number of benzene rings is 1. The van der Waals surface area contributed by atoms with Crippen LogP contribution in [-0.2, 0) is 27.3 Å². The molecule has 2 aromatic rings. The highest BCUT2D eigenvalue weighted by molar-refractivity contribution is 7.16. The smallest absolute Gasteiger partial charge is 0.325 e. The molecule has 2 rings (SSSR count). The van der Waals surface area contributed by atoms with E-state index in [9.17, 15) is 9.59 Å². The van der Waals surface area contributed by atoms with Gasteiger partial charge in [0, 0.05) is 5.92 Å². The van der Waals surface area contributed by atoms with E-state index in [1.165, 1.54) is 24.0 Å². The summed E-state index contributed by atoms with van der Waals surface area (Å²) < 4.78 is 7.50. The van der Waals surface area contributed by atoms with Gasteiger partial charge in [-0.25, -0.2) is 0 Å². The summed E-state index contributed by atoms with van der Waals surface area (Å²) in [5.41, 5.74) is 2.10. The maximum Gasteiger partial charge on any atom is 0.325 e. The van der Waals surface area contributed by atoms with Crippen molar-refractivity contribution in [1.82, 2.24) is 4.57 Å². The number of carbonyl (C=O) groups is 2. The van der Waals surface area contributed by atoms with Gasteiger partial charge in [-0.1, -0.05) is 38.2 Å². The maximum absolute atomic E-state index is 11.9. The van der Waals surface area contributed by atoms with Gasteiger partial charge in [-0.3, -0.25) is 9.59 Å². The van der Waals surface area contributed by atoms with Crippen molar-refractivity contribution < 1.29 is 14.3 Å². The summed E-state index contributed by atoms with van der Waals surface area (Å²) in [6.45, 7) is 5.75. The number of nitrogens with zero attached hydrogens (tertiary/aromatic N) is 2. The molecular weight excluding hydrogens is 300 g/mol. The molecule has 0 atom stereocenters. The zero-order valence-electron chi connectivity index (χ0n) is 13.3. The molecule has 0 bridgehead atoms. The van der Waals surface area contributed by atoms with Crippen LogP contribution in [0, 0.1) is 5.92 Å². The topological polar surface area (TPSA) is 60.7 Å². The van der Waals surface area contributed by atoms with Gasteiger partial charge in [-0.2, -0.15) is 4.99 Å². The van der Waals surface area contributed by atoms with Crippen molar-refractivity contribution in [1.29, 1.82) is 0 Å². The lowest BCUT2D eigenvalue weighted by molar-refractivity contribution is -0.141. The van der Waals surface area contributed by atoms with E-state index in [1.807, 2.05) is 12.1 Å². The van der Waals surface area contributed by atoms with E-state index in [0.29, 0.717) is 4.80 Å². The maximum atomic E-state index is 11.9. The summed E-state index contributed by atoms with van der Waals surface area (Å²) in [4.78, 5) is 28.3. The first-order valence-corrected chi connectivity index (χ1v) is 8.05. The second kappa shape index (κ2) is 6.87. The van der Waals surface area contributed by atoms with Crippen molar-refractivity contribution in [2.24, 2.45) is 10.9 Å². The van der Waals surface area contributed by atoms with E-state index in [-0.39, 0.29) is 24.3 Å². The number of aryl methyl sites for hydroxylation is 1. The van der Waals surface area contributed by atoms with E-state index in [0.717, 1.165) is 16.6 Å². The molecule has 22 heavy (non-hydrogen) atoms. The first-order valence-electron chi connectivity index (χ1n) is 7.24. The fourth-order valence-corrected chi connectivity index (χ4v) is 3.09. The molecule has 0 aliphatic rings. The van der Waals surface area contributed by atoms with Crippen molar-refractivity contribution in [2.45, 2.75) is 33.7 Å².